The third kappa shape index (κ3) is 2.94. The molecular weight excluding hydrogens is 325 g/mol. The Kier molecular flexibility index (Phi) is 4.05. The number of halogens is 1. The zero-order chi connectivity index (χ0) is 17.6. The number of carbonyl (C=O) groups excluding carboxylic acids is 1. The average molecular weight is 345 g/mol. The van der Waals surface area contributed by atoms with Gasteiger partial charge in [-0.3, -0.25) is 14.5 Å². The maximum atomic E-state index is 13.5. The van der Waals surface area contributed by atoms with Crippen LogP contribution in [0.5, 0.6) is 0 Å². The van der Waals surface area contributed by atoms with Gasteiger partial charge in [-0.15, -0.1) is 0 Å². The summed E-state index contributed by atoms with van der Waals surface area (Å²) in [5, 5.41) is 0.196. The van der Waals surface area contributed by atoms with E-state index in [4.69, 9.17) is 4.74 Å². The van der Waals surface area contributed by atoms with E-state index in [0.29, 0.717) is 31.8 Å². The molecule has 0 aliphatic carbocycles. The van der Waals surface area contributed by atoms with Crippen molar-refractivity contribution < 1.29 is 13.9 Å². The van der Waals surface area contributed by atoms with Crippen molar-refractivity contribution in [1.82, 2.24) is 14.8 Å². The third-order valence-electron chi connectivity index (χ3n) is 5.10. The number of hydrogen-bond donors (Lipinski definition) is 1. The SMILES string of the molecule is CN1C[C@H]2COC[C@@H]1CN(C(=O)c1c[nH]c3ccc(F)cc3c1=O)C2. The van der Waals surface area contributed by atoms with E-state index in [9.17, 15) is 14.0 Å². The molecule has 1 aromatic carbocycles. The van der Waals surface area contributed by atoms with Gasteiger partial charge in [0.2, 0.25) is 5.43 Å². The van der Waals surface area contributed by atoms with Crippen LogP contribution in [0.25, 0.3) is 10.9 Å². The predicted octanol–water partition coefficient (Wildman–Crippen LogP) is 1.07. The molecule has 4 rings (SSSR count). The summed E-state index contributed by atoms with van der Waals surface area (Å²) in [6.07, 6.45) is 1.44. The fraction of sp³-hybridized carbons (Fsp3) is 0.444. The average Bonchev–Trinajstić information content (AvgIpc) is 2.83. The van der Waals surface area contributed by atoms with Crippen molar-refractivity contribution in [3.63, 3.8) is 0 Å². The minimum Gasteiger partial charge on any atom is -0.379 e. The van der Waals surface area contributed by atoms with Crippen molar-refractivity contribution in [2.45, 2.75) is 6.04 Å². The largest absolute Gasteiger partial charge is 0.379 e. The number of nitrogens with one attached hydrogen (secondary N) is 1. The van der Waals surface area contributed by atoms with Gasteiger partial charge in [0, 0.05) is 42.7 Å². The zero-order valence-electron chi connectivity index (χ0n) is 14.0. The molecule has 2 bridgehead atoms. The van der Waals surface area contributed by atoms with Crippen LogP contribution >= 0.6 is 0 Å². The second-order valence-corrected chi connectivity index (χ2v) is 6.93. The van der Waals surface area contributed by atoms with Crippen LogP contribution in [0.4, 0.5) is 4.39 Å². The molecule has 2 saturated heterocycles. The number of aromatic nitrogens is 1. The number of nitrogens with zero attached hydrogens (tertiary/aromatic N) is 2. The molecule has 1 aromatic heterocycles. The zero-order valence-corrected chi connectivity index (χ0v) is 14.0. The number of fused-ring (bicyclic) bond motifs is 4. The van der Waals surface area contributed by atoms with Crippen molar-refractivity contribution in [3.8, 4) is 0 Å². The van der Waals surface area contributed by atoms with Crippen molar-refractivity contribution in [3.05, 3.63) is 46.0 Å². The van der Waals surface area contributed by atoms with Gasteiger partial charge in [0.25, 0.3) is 5.91 Å². The summed E-state index contributed by atoms with van der Waals surface area (Å²) in [7, 11) is 2.03. The van der Waals surface area contributed by atoms with E-state index in [0.717, 1.165) is 6.54 Å². The molecular formula is C18H20FN3O3. The van der Waals surface area contributed by atoms with Crippen molar-refractivity contribution in [2.75, 3.05) is 39.9 Å². The number of amides is 1. The smallest absolute Gasteiger partial charge is 0.259 e. The Morgan fingerprint density at radius 1 is 1.28 bits per heavy atom. The normalized spacial score (nSPS) is 24.3. The highest BCUT2D eigenvalue weighted by Gasteiger charge is 2.34. The van der Waals surface area contributed by atoms with Gasteiger partial charge in [0.1, 0.15) is 11.4 Å². The standard InChI is InChI=1S/C18H20FN3O3/c1-21-6-11-7-22(8-13(21)10-25-9-11)18(24)15-5-20-16-3-2-12(19)4-14(16)17(15)23/h2-5,11,13H,6-10H2,1H3,(H,20,23)/t11-,13+/m1/s1. The number of ether oxygens (including phenoxy) is 1. The lowest BCUT2D eigenvalue weighted by molar-refractivity contribution is 0.0433. The van der Waals surface area contributed by atoms with Gasteiger partial charge in [-0.1, -0.05) is 0 Å². The number of carbonyl (C=O) groups is 1. The molecule has 2 fully saturated rings. The maximum absolute atomic E-state index is 13.5. The predicted molar refractivity (Wildman–Crippen MR) is 91.2 cm³/mol. The van der Waals surface area contributed by atoms with E-state index < -0.39 is 11.2 Å². The summed E-state index contributed by atoms with van der Waals surface area (Å²) in [5.74, 6) is -0.580. The number of aromatic amines is 1. The minimum absolute atomic E-state index is 0.0571. The fourth-order valence-corrected chi connectivity index (χ4v) is 3.74. The van der Waals surface area contributed by atoms with Crippen LogP contribution in [-0.2, 0) is 4.74 Å². The van der Waals surface area contributed by atoms with E-state index in [1.54, 1.807) is 4.90 Å². The fourth-order valence-electron chi connectivity index (χ4n) is 3.74. The summed E-state index contributed by atoms with van der Waals surface area (Å²) < 4.78 is 19.2. The maximum Gasteiger partial charge on any atom is 0.259 e. The van der Waals surface area contributed by atoms with Gasteiger partial charge in [-0.05, 0) is 25.2 Å². The topological polar surface area (TPSA) is 65.6 Å². The molecule has 0 unspecified atom stereocenters. The first kappa shape index (κ1) is 16.2. The summed E-state index contributed by atoms with van der Waals surface area (Å²) in [4.78, 5) is 32.6. The molecule has 6 nitrogen and oxygen atoms in total. The van der Waals surface area contributed by atoms with Crippen LogP contribution in [0, 0.1) is 11.7 Å². The van der Waals surface area contributed by atoms with E-state index >= 15 is 0 Å². The Labute approximate surface area is 144 Å². The van der Waals surface area contributed by atoms with Crippen LogP contribution in [0.15, 0.2) is 29.2 Å². The number of hydrogen-bond acceptors (Lipinski definition) is 4. The van der Waals surface area contributed by atoms with E-state index in [1.807, 2.05) is 7.05 Å². The molecule has 3 heterocycles. The van der Waals surface area contributed by atoms with Crippen LogP contribution in [0.2, 0.25) is 0 Å². The molecule has 7 heteroatoms. The first-order valence-corrected chi connectivity index (χ1v) is 8.41. The van der Waals surface area contributed by atoms with E-state index in [1.165, 1.54) is 24.4 Å². The molecule has 132 valence electrons. The van der Waals surface area contributed by atoms with Gasteiger partial charge >= 0.3 is 0 Å². The Bertz CT molecular complexity index is 881. The number of likely N-dealkylation sites (N-methyl/N-ethyl adjacent to an activating group) is 1. The second-order valence-electron chi connectivity index (χ2n) is 6.93. The highest BCUT2D eigenvalue weighted by atomic mass is 19.1. The molecule has 1 amide bonds. The number of rotatable bonds is 1. The molecule has 0 spiro atoms. The van der Waals surface area contributed by atoms with E-state index in [2.05, 4.69) is 9.88 Å². The summed E-state index contributed by atoms with van der Waals surface area (Å²) in [6, 6.07) is 4.08. The highest BCUT2D eigenvalue weighted by molar-refractivity contribution is 5.97. The van der Waals surface area contributed by atoms with Crippen molar-refractivity contribution in [2.24, 2.45) is 5.92 Å². The molecule has 2 aliphatic rings. The molecule has 0 radical (unpaired) electrons. The lowest BCUT2D eigenvalue weighted by Crippen LogP contribution is -2.45. The molecule has 1 N–H and O–H groups in total. The first-order valence-electron chi connectivity index (χ1n) is 8.41. The first-order chi connectivity index (χ1) is 12.0. The third-order valence-corrected chi connectivity index (χ3v) is 5.10. The Hall–Kier alpha value is -2.25. The number of H-pyrrole nitrogens is 1. The van der Waals surface area contributed by atoms with Crippen molar-refractivity contribution in [1.29, 1.82) is 0 Å². The molecule has 2 atom stereocenters. The second kappa shape index (κ2) is 6.24. The highest BCUT2D eigenvalue weighted by Crippen LogP contribution is 2.20. The molecule has 2 aliphatic heterocycles. The minimum atomic E-state index is -0.495. The lowest BCUT2D eigenvalue weighted by Gasteiger charge is -2.29. The molecule has 0 saturated carbocycles. The van der Waals surface area contributed by atoms with Crippen LogP contribution < -0.4 is 5.43 Å². The lowest BCUT2D eigenvalue weighted by atomic mass is 10.1. The summed E-state index contributed by atoms with van der Waals surface area (Å²) in [5.41, 5.74) is 0.141. The Morgan fingerprint density at radius 3 is 2.96 bits per heavy atom. The molecule has 2 aromatic rings. The van der Waals surface area contributed by atoms with Gasteiger partial charge in [-0.25, -0.2) is 4.39 Å². The van der Waals surface area contributed by atoms with Gasteiger partial charge in [0.15, 0.2) is 0 Å². The van der Waals surface area contributed by atoms with Crippen LogP contribution in [0.1, 0.15) is 10.4 Å². The summed E-state index contributed by atoms with van der Waals surface area (Å²) in [6.45, 7) is 3.14. The number of pyridine rings is 1. The Morgan fingerprint density at radius 2 is 2.12 bits per heavy atom. The van der Waals surface area contributed by atoms with Crippen LogP contribution in [-0.4, -0.2) is 66.6 Å². The van der Waals surface area contributed by atoms with E-state index in [-0.39, 0.29) is 28.8 Å². The monoisotopic (exact) mass is 345 g/mol. The number of benzene rings is 1. The van der Waals surface area contributed by atoms with Gasteiger partial charge in [-0.2, -0.15) is 0 Å². The van der Waals surface area contributed by atoms with Crippen molar-refractivity contribution >= 4 is 16.8 Å². The summed E-state index contributed by atoms with van der Waals surface area (Å²) >= 11 is 0. The Balaban J connectivity index is 1.70. The molecule has 25 heavy (non-hydrogen) atoms. The van der Waals surface area contributed by atoms with Crippen LogP contribution in [0.3, 0.4) is 0 Å². The van der Waals surface area contributed by atoms with Gasteiger partial charge in [0.05, 0.1) is 19.3 Å². The van der Waals surface area contributed by atoms with Gasteiger partial charge < -0.3 is 14.6 Å². The quantitative estimate of drug-likeness (QED) is 0.840.